The van der Waals surface area contributed by atoms with Crippen molar-refractivity contribution < 1.29 is 9.13 Å². The van der Waals surface area contributed by atoms with E-state index in [4.69, 9.17) is 17.0 Å². The van der Waals surface area contributed by atoms with Gasteiger partial charge in [0.05, 0.1) is 7.11 Å². The molecular formula is C18H19FOS. The first-order valence-electron chi connectivity index (χ1n) is 6.86. The van der Waals surface area contributed by atoms with Gasteiger partial charge < -0.3 is 4.74 Å². The molecule has 2 aromatic carbocycles. The molecular weight excluding hydrogens is 283 g/mol. The second-order valence-corrected chi connectivity index (χ2v) is 6.15. The number of methoxy groups -OCH3 is 1. The van der Waals surface area contributed by atoms with Crippen LogP contribution in [0.15, 0.2) is 48.5 Å². The second-order valence-electron chi connectivity index (χ2n) is 5.69. The third kappa shape index (κ3) is 3.67. The molecule has 3 heteroatoms. The van der Waals surface area contributed by atoms with E-state index in [-0.39, 0.29) is 11.2 Å². The monoisotopic (exact) mass is 302 g/mol. The van der Waals surface area contributed by atoms with Crippen molar-refractivity contribution in [1.82, 2.24) is 0 Å². The van der Waals surface area contributed by atoms with Crippen LogP contribution >= 0.6 is 12.2 Å². The lowest BCUT2D eigenvalue weighted by Gasteiger charge is -2.25. The van der Waals surface area contributed by atoms with E-state index in [0.717, 1.165) is 11.1 Å². The molecule has 0 saturated heterocycles. The molecule has 0 unspecified atom stereocenters. The minimum Gasteiger partial charge on any atom is -0.490 e. The summed E-state index contributed by atoms with van der Waals surface area (Å²) in [4.78, 5) is 0. The van der Waals surface area contributed by atoms with Crippen LogP contribution in [0.5, 0.6) is 0 Å². The van der Waals surface area contributed by atoms with Crippen molar-refractivity contribution in [3.05, 3.63) is 59.9 Å². The molecule has 0 amide bonds. The van der Waals surface area contributed by atoms with Gasteiger partial charge in [-0.15, -0.1) is 0 Å². The molecule has 0 aromatic heterocycles. The number of ether oxygens (including phenoxy) is 1. The smallest absolute Gasteiger partial charge is 0.160 e. The Balaban J connectivity index is 2.27. The predicted molar refractivity (Wildman–Crippen MR) is 89.1 cm³/mol. The normalized spacial score (nSPS) is 11.2. The first-order chi connectivity index (χ1) is 9.94. The minimum atomic E-state index is -0.204. The van der Waals surface area contributed by atoms with Crippen LogP contribution in [0.2, 0.25) is 0 Å². The summed E-state index contributed by atoms with van der Waals surface area (Å²) < 4.78 is 18.9. The van der Waals surface area contributed by atoms with Crippen LogP contribution in [0.3, 0.4) is 0 Å². The average Bonchev–Trinajstić information content (AvgIpc) is 2.47. The molecule has 0 spiro atoms. The zero-order chi connectivity index (χ0) is 15.5. The maximum Gasteiger partial charge on any atom is 0.160 e. The highest BCUT2D eigenvalue weighted by atomic mass is 32.1. The summed E-state index contributed by atoms with van der Waals surface area (Å²) in [5, 5.41) is 0.596. The van der Waals surface area contributed by atoms with Gasteiger partial charge in [-0.1, -0.05) is 56.3 Å². The summed E-state index contributed by atoms with van der Waals surface area (Å²) in [6.07, 6.45) is 0.678. The number of rotatable bonds is 4. The van der Waals surface area contributed by atoms with E-state index in [2.05, 4.69) is 13.8 Å². The molecule has 0 fully saturated rings. The van der Waals surface area contributed by atoms with Crippen molar-refractivity contribution in [2.45, 2.75) is 25.7 Å². The first kappa shape index (κ1) is 15.6. The number of hydrogen-bond donors (Lipinski definition) is 0. The lowest BCUT2D eigenvalue weighted by Crippen LogP contribution is -2.21. The summed E-state index contributed by atoms with van der Waals surface area (Å²) in [5.74, 6) is -0.204. The van der Waals surface area contributed by atoms with Crippen LogP contribution in [-0.2, 0) is 10.2 Å². The van der Waals surface area contributed by atoms with E-state index < -0.39 is 0 Å². The zero-order valence-corrected chi connectivity index (χ0v) is 13.3. The van der Waals surface area contributed by atoms with E-state index in [1.807, 2.05) is 30.3 Å². The van der Waals surface area contributed by atoms with Gasteiger partial charge in [0.25, 0.3) is 0 Å². The lowest BCUT2D eigenvalue weighted by atomic mass is 9.81. The minimum absolute atomic E-state index is 0.110. The Morgan fingerprint density at radius 2 is 1.71 bits per heavy atom. The van der Waals surface area contributed by atoms with Crippen molar-refractivity contribution >= 4 is 17.3 Å². The molecule has 0 atom stereocenters. The lowest BCUT2D eigenvalue weighted by molar-refractivity contribution is 0.381. The molecule has 2 aromatic rings. The maximum atomic E-state index is 13.8. The van der Waals surface area contributed by atoms with Gasteiger partial charge in [-0.25, -0.2) is 4.39 Å². The topological polar surface area (TPSA) is 9.23 Å². The molecule has 0 aliphatic carbocycles. The number of halogens is 1. The van der Waals surface area contributed by atoms with Gasteiger partial charge in [0.15, 0.2) is 5.05 Å². The van der Waals surface area contributed by atoms with Gasteiger partial charge in [0.2, 0.25) is 0 Å². The van der Waals surface area contributed by atoms with E-state index in [1.165, 1.54) is 6.07 Å². The quantitative estimate of drug-likeness (QED) is 0.724. The van der Waals surface area contributed by atoms with Gasteiger partial charge in [0.1, 0.15) is 5.82 Å². The molecule has 1 nitrogen and oxygen atoms in total. The largest absolute Gasteiger partial charge is 0.490 e. The summed E-state index contributed by atoms with van der Waals surface area (Å²) in [7, 11) is 1.60. The summed E-state index contributed by atoms with van der Waals surface area (Å²) in [6.45, 7) is 4.24. The van der Waals surface area contributed by atoms with Gasteiger partial charge >= 0.3 is 0 Å². The molecule has 2 rings (SSSR count). The average molecular weight is 302 g/mol. The third-order valence-corrected chi connectivity index (χ3v) is 3.98. The Morgan fingerprint density at radius 1 is 1.10 bits per heavy atom. The van der Waals surface area contributed by atoms with Crippen LogP contribution in [0.1, 0.15) is 25.8 Å². The van der Waals surface area contributed by atoms with Crippen molar-refractivity contribution in [2.24, 2.45) is 0 Å². The van der Waals surface area contributed by atoms with Crippen LogP contribution in [0, 0.1) is 5.82 Å². The van der Waals surface area contributed by atoms with Crippen LogP contribution < -0.4 is 0 Å². The molecule has 0 aliphatic heterocycles. The molecule has 0 aliphatic rings. The summed E-state index contributed by atoms with van der Waals surface area (Å²) in [6, 6.07) is 14.8. The Kier molecular flexibility index (Phi) is 4.73. The van der Waals surface area contributed by atoms with Crippen molar-refractivity contribution in [3.63, 3.8) is 0 Å². The Bertz CT molecular complexity index is 632. The highest BCUT2D eigenvalue weighted by Crippen LogP contribution is 2.30. The molecule has 0 radical (unpaired) electrons. The van der Waals surface area contributed by atoms with E-state index in [9.17, 15) is 4.39 Å². The first-order valence-corrected chi connectivity index (χ1v) is 7.27. The molecule has 0 heterocycles. The number of thiocarbonyl (C=S) groups is 1. The van der Waals surface area contributed by atoms with Gasteiger partial charge in [0, 0.05) is 12.0 Å². The highest BCUT2D eigenvalue weighted by molar-refractivity contribution is 7.80. The van der Waals surface area contributed by atoms with Gasteiger partial charge in [-0.3, -0.25) is 0 Å². The van der Waals surface area contributed by atoms with Crippen LogP contribution in [0.25, 0.3) is 11.1 Å². The fourth-order valence-corrected chi connectivity index (χ4v) is 2.69. The maximum absolute atomic E-state index is 13.8. The van der Waals surface area contributed by atoms with Crippen LogP contribution in [0.4, 0.5) is 4.39 Å². The van der Waals surface area contributed by atoms with Crippen molar-refractivity contribution in [2.75, 3.05) is 7.11 Å². The predicted octanol–water partition coefficient (Wildman–Crippen LogP) is 5.13. The fraction of sp³-hybridized carbons (Fsp3) is 0.278. The summed E-state index contributed by atoms with van der Waals surface area (Å²) in [5.41, 5.74) is 2.54. The highest BCUT2D eigenvalue weighted by Gasteiger charge is 2.23. The molecule has 0 saturated carbocycles. The Hall–Kier alpha value is -1.74. The second kappa shape index (κ2) is 6.35. The van der Waals surface area contributed by atoms with Crippen molar-refractivity contribution in [3.8, 4) is 11.1 Å². The Labute approximate surface area is 130 Å². The number of benzene rings is 2. The van der Waals surface area contributed by atoms with E-state index >= 15 is 0 Å². The molecule has 0 bridgehead atoms. The van der Waals surface area contributed by atoms with Crippen LogP contribution in [-0.4, -0.2) is 12.2 Å². The summed E-state index contributed by atoms with van der Waals surface area (Å²) >= 11 is 5.15. The standard InChI is InChI=1S/C18H19FOS/c1-18(2,12-17(21)20-3)14-10-8-13(9-11-14)15-6-4-5-7-16(15)19/h4-11H,12H2,1-3H3. The zero-order valence-electron chi connectivity index (χ0n) is 12.5. The van der Waals surface area contributed by atoms with Gasteiger partial charge in [-0.2, -0.15) is 0 Å². The molecule has 21 heavy (non-hydrogen) atoms. The number of hydrogen-bond acceptors (Lipinski definition) is 2. The Morgan fingerprint density at radius 3 is 2.29 bits per heavy atom. The molecule has 110 valence electrons. The third-order valence-electron chi connectivity index (χ3n) is 3.67. The van der Waals surface area contributed by atoms with E-state index in [0.29, 0.717) is 17.0 Å². The molecule has 0 N–H and O–H groups in total. The SMILES string of the molecule is COC(=S)CC(C)(C)c1ccc(-c2ccccc2F)cc1. The van der Waals surface area contributed by atoms with Crippen molar-refractivity contribution in [1.29, 1.82) is 0 Å². The van der Waals surface area contributed by atoms with Gasteiger partial charge in [-0.05, 0) is 34.8 Å². The fourth-order valence-electron chi connectivity index (χ4n) is 2.33. The van der Waals surface area contributed by atoms with E-state index in [1.54, 1.807) is 19.2 Å².